The summed E-state index contributed by atoms with van der Waals surface area (Å²) in [6.07, 6.45) is 1.46. The van der Waals surface area contributed by atoms with Crippen LogP contribution in [0.5, 0.6) is 0 Å². The van der Waals surface area contributed by atoms with E-state index in [1.807, 2.05) is 6.07 Å². The SMILES string of the molecule is CCOC(=O)c1cnn(-c2cccc(NC(=O)CSc3ccc([N+](=O)[O-])cc3)c2)c1C. The van der Waals surface area contributed by atoms with E-state index >= 15 is 0 Å². The molecule has 2 aromatic carbocycles. The third-order valence-electron chi connectivity index (χ3n) is 4.30. The Morgan fingerprint density at radius 3 is 2.65 bits per heavy atom. The predicted octanol–water partition coefficient (Wildman–Crippen LogP) is 4.00. The van der Waals surface area contributed by atoms with Crippen molar-refractivity contribution in [1.29, 1.82) is 0 Å². The number of benzene rings is 2. The van der Waals surface area contributed by atoms with Gasteiger partial charge >= 0.3 is 5.97 Å². The molecule has 31 heavy (non-hydrogen) atoms. The topological polar surface area (TPSA) is 116 Å². The number of amides is 1. The van der Waals surface area contributed by atoms with Crippen LogP contribution in [0.4, 0.5) is 11.4 Å². The predicted molar refractivity (Wildman–Crippen MR) is 117 cm³/mol. The minimum absolute atomic E-state index is 0.00523. The van der Waals surface area contributed by atoms with Crippen molar-refractivity contribution in [3.8, 4) is 5.69 Å². The highest BCUT2D eigenvalue weighted by atomic mass is 32.2. The smallest absolute Gasteiger partial charge is 0.341 e. The van der Waals surface area contributed by atoms with Gasteiger partial charge in [0.25, 0.3) is 5.69 Å². The number of nitro benzene ring substituents is 1. The van der Waals surface area contributed by atoms with Crippen LogP contribution in [0.1, 0.15) is 23.0 Å². The van der Waals surface area contributed by atoms with E-state index in [9.17, 15) is 19.7 Å². The van der Waals surface area contributed by atoms with Gasteiger partial charge in [-0.3, -0.25) is 14.9 Å². The minimum atomic E-state index is -0.467. The molecule has 0 bridgehead atoms. The van der Waals surface area contributed by atoms with Gasteiger partial charge in [0.2, 0.25) is 5.91 Å². The van der Waals surface area contributed by atoms with E-state index in [-0.39, 0.29) is 24.0 Å². The molecule has 0 saturated carbocycles. The van der Waals surface area contributed by atoms with Gasteiger partial charge in [0.1, 0.15) is 5.56 Å². The van der Waals surface area contributed by atoms with Crippen molar-refractivity contribution in [2.24, 2.45) is 0 Å². The van der Waals surface area contributed by atoms with Crippen molar-refractivity contribution in [1.82, 2.24) is 9.78 Å². The molecule has 0 fully saturated rings. The van der Waals surface area contributed by atoms with Crippen LogP contribution >= 0.6 is 11.8 Å². The number of thioether (sulfide) groups is 1. The van der Waals surface area contributed by atoms with Gasteiger partial charge in [-0.15, -0.1) is 11.8 Å². The highest BCUT2D eigenvalue weighted by Gasteiger charge is 2.16. The fourth-order valence-electron chi connectivity index (χ4n) is 2.80. The van der Waals surface area contributed by atoms with E-state index < -0.39 is 10.9 Å². The zero-order valence-corrected chi connectivity index (χ0v) is 17.7. The molecule has 9 nitrogen and oxygen atoms in total. The average Bonchev–Trinajstić information content (AvgIpc) is 3.14. The normalized spacial score (nSPS) is 10.5. The molecule has 0 aliphatic carbocycles. The number of hydrogen-bond acceptors (Lipinski definition) is 7. The number of aromatic nitrogens is 2. The second-order valence-corrected chi connectivity index (χ2v) is 7.46. The highest BCUT2D eigenvalue weighted by Crippen LogP contribution is 2.22. The van der Waals surface area contributed by atoms with Crippen molar-refractivity contribution < 1.29 is 19.2 Å². The van der Waals surface area contributed by atoms with Crippen molar-refractivity contribution >= 4 is 35.0 Å². The first-order valence-corrected chi connectivity index (χ1v) is 10.4. The highest BCUT2D eigenvalue weighted by molar-refractivity contribution is 8.00. The van der Waals surface area contributed by atoms with Gasteiger partial charge in [-0.1, -0.05) is 6.07 Å². The lowest BCUT2D eigenvalue weighted by atomic mass is 10.2. The maximum absolute atomic E-state index is 12.3. The first kappa shape index (κ1) is 22.0. The zero-order valence-electron chi connectivity index (χ0n) is 16.9. The standard InChI is InChI=1S/C21H20N4O5S/c1-3-30-21(27)19-12-22-24(14(19)2)17-6-4-5-15(11-17)23-20(26)13-31-18-9-7-16(8-10-18)25(28)29/h4-12H,3,13H2,1-2H3,(H,23,26). The first-order chi connectivity index (χ1) is 14.9. The third kappa shape index (κ3) is 5.48. The summed E-state index contributed by atoms with van der Waals surface area (Å²) in [6, 6.07) is 13.1. The second kappa shape index (κ2) is 9.90. The molecule has 1 amide bonds. The summed E-state index contributed by atoms with van der Waals surface area (Å²) < 4.78 is 6.64. The van der Waals surface area contributed by atoms with E-state index in [1.165, 1.54) is 30.1 Å². The Kier molecular flexibility index (Phi) is 7.03. The maximum Gasteiger partial charge on any atom is 0.341 e. The van der Waals surface area contributed by atoms with Gasteiger partial charge < -0.3 is 10.1 Å². The van der Waals surface area contributed by atoms with Crippen molar-refractivity contribution in [3.63, 3.8) is 0 Å². The fourth-order valence-corrected chi connectivity index (χ4v) is 3.50. The Bertz CT molecular complexity index is 1110. The molecule has 0 atom stereocenters. The van der Waals surface area contributed by atoms with Crippen LogP contribution in [-0.4, -0.2) is 38.9 Å². The fraction of sp³-hybridized carbons (Fsp3) is 0.190. The van der Waals surface area contributed by atoms with Crippen LogP contribution in [0.25, 0.3) is 5.69 Å². The molecular weight excluding hydrogens is 420 g/mol. The molecule has 0 unspecified atom stereocenters. The van der Waals surface area contributed by atoms with E-state index in [4.69, 9.17) is 4.74 Å². The van der Waals surface area contributed by atoms with E-state index in [0.717, 1.165) is 4.90 Å². The molecule has 0 spiro atoms. The van der Waals surface area contributed by atoms with Crippen LogP contribution in [0, 0.1) is 17.0 Å². The van der Waals surface area contributed by atoms with Gasteiger partial charge in [0.15, 0.2) is 0 Å². The number of rotatable bonds is 8. The number of nitrogens with zero attached hydrogens (tertiary/aromatic N) is 3. The minimum Gasteiger partial charge on any atom is -0.462 e. The molecule has 1 aromatic heterocycles. The summed E-state index contributed by atoms with van der Waals surface area (Å²) in [7, 11) is 0. The Labute approximate surface area is 182 Å². The van der Waals surface area contributed by atoms with Crippen LogP contribution in [0.2, 0.25) is 0 Å². The molecule has 0 radical (unpaired) electrons. The van der Waals surface area contributed by atoms with Crippen molar-refractivity contribution in [2.45, 2.75) is 18.7 Å². The summed E-state index contributed by atoms with van der Waals surface area (Å²) in [5.74, 6) is -0.501. The Balaban J connectivity index is 1.64. The number of nitrogens with one attached hydrogen (secondary N) is 1. The summed E-state index contributed by atoms with van der Waals surface area (Å²) in [4.78, 5) is 35.3. The Morgan fingerprint density at radius 2 is 1.97 bits per heavy atom. The first-order valence-electron chi connectivity index (χ1n) is 9.38. The maximum atomic E-state index is 12.3. The monoisotopic (exact) mass is 440 g/mol. The number of anilines is 1. The zero-order chi connectivity index (χ0) is 22.4. The number of nitro groups is 1. The van der Waals surface area contributed by atoms with Gasteiger partial charge in [-0.05, 0) is 44.2 Å². The number of esters is 1. The summed E-state index contributed by atoms with van der Waals surface area (Å²) >= 11 is 1.28. The molecule has 0 aliphatic rings. The second-order valence-electron chi connectivity index (χ2n) is 6.41. The largest absolute Gasteiger partial charge is 0.462 e. The molecule has 1 heterocycles. The Hall–Kier alpha value is -3.66. The number of non-ortho nitro benzene ring substituents is 1. The van der Waals surface area contributed by atoms with Crippen LogP contribution in [-0.2, 0) is 9.53 Å². The molecule has 0 aliphatic heterocycles. The quantitative estimate of drug-likeness (QED) is 0.244. The Morgan fingerprint density at radius 1 is 1.23 bits per heavy atom. The third-order valence-corrected chi connectivity index (χ3v) is 5.31. The number of hydrogen-bond donors (Lipinski definition) is 1. The number of carbonyl (C=O) groups excluding carboxylic acids is 2. The molecule has 1 N–H and O–H groups in total. The molecule has 3 aromatic rings. The summed E-state index contributed by atoms with van der Waals surface area (Å²) in [5.41, 5.74) is 2.30. The number of carbonyl (C=O) groups is 2. The van der Waals surface area contributed by atoms with Crippen LogP contribution in [0.3, 0.4) is 0 Å². The van der Waals surface area contributed by atoms with Gasteiger partial charge in [-0.25, -0.2) is 9.48 Å². The molecule has 160 valence electrons. The van der Waals surface area contributed by atoms with E-state index in [2.05, 4.69) is 10.4 Å². The molecule has 10 heteroatoms. The lowest BCUT2D eigenvalue weighted by molar-refractivity contribution is -0.384. The van der Waals surface area contributed by atoms with E-state index in [0.29, 0.717) is 22.6 Å². The van der Waals surface area contributed by atoms with Crippen molar-refractivity contribution in [2.75, 3.05) is 17.7 Å². The summed E-state index contributed by atoms with van der Waals surface area (Å²) in [5, 5.41) is 17.8. The molecule has 0 saturated heterocycles. The van der Waals surface area contributed by atoms with Crippen LogP contribution < -0.4 is 5.32 Å². The van der Waals surface area contributed by atoms with Gasteiger partial charge in [0.05, 0.1) is 34.9 Å². The van der Waals surface area contributed by atoms with Gasteiger partial charge in [-0.2, -0.15) is 5.10 Å². The molecular formula is C21H20N4O5S. The molecule has 3 rings (SSSR count). The van der Waals surface area contributed by atoms with Crippen LogP contribution in [0.15, 0.2) is 59.6 Å². The lowest BCUT2D eigenvalue weighted by Gasteiger charge is -2.09. The summed E-state index contributed by atoms with van der Waals surface area (Å²) in [6.45, 7) is 3.79. The number of ether oxygens (including phenoxy) is 1. The van der Waals surface area contributed by atoms with E-state index in [1.54, 1.807) is 48.9 Å². The van der Waals surface area contributed by atoms with Crippen molar-refractivity contribution in [3.05, 3.63) is 76.1 Å². The lowest BCUT2D eigenvalue weighted by Crippen LogP contribution is -2.14. The average molecular weight is 440 g/mol. The van der Waals surface area contributed by atoms with Gasteiger partial charge in [0, 0.05) is 22.7 Å².